The molecular weight excluding hydrogens is 376 g/mol. The number of rotatable bonds is 6. The Morgan fingerprint density at radius 2 is 1.96 bits per heavy atom. The molecule has 1 aromatic heterocycles. The van der Waals surface area contributed by atoms with E-state index < -0.39 is 0 Å². The summed E-state index contributed by atoms with van der Waals surface area (Å²) in [6.45, 7) is 2.65. The minimum Gasteiger partial charge on any atom is -0.494 e. The monoisotopic (exact) mass is 402 g/mol. The van der Waals surface area contributed by atoms with Crippen LogP contribution in [0, 0.1) is 17.8 Å². The number of fused-ring (bicyclic) bond motifs is 1. The molecule has 144 valence electrons. The predicted molar refractivity (Wildman–Crippen MR) is 111 cm³/mol. The molecule has 1 N–H and O–H groups in total. The lowest BCUT2D eigenvalue weighted by Gasteiger charge is -2.56. The lowest BCUT2D eigenvalue weighted by Crippen LogP contribution is -2.60. The van der Waals surface area contributed by atoms with Crippen molar-refractivity contribution in [2.24, 2.45) is 17.8 Å². The summed E-state index contributed by atoms with van der Waals surface area (Å²) in [6, 6.07) is 5.99. The maximum absolute atomic E-state index is 12.7. The molecule has 0 aliphatic heterocycles. The van der Waals surface area contributed by atoms with Gasteiger partial charge in [-0.25, -0.2) is 4.98 Å². The number of aromatic nitrogens is 1. The van der Waals surface area contributed by atoms with Crippen molar-refractivity contribution >= 4 is 39.2 Å². The number of nitrogens with one attached hydrogen (secondary N) is 1. The quantitative estimate of drug-likeness (QED) is 0.700. The van der Waals surface area contributed by atoms with E-state index in [1.54, 1.807) is 23.1 Å². The van der Waals surface area contributed by atoms with E-state index >= 15 is 0 Å². The Morgan fingerprint density at radius 1 is 1.26 bits per heavy atom. The standard InChI is InChI=1S/C21H26N2O2S2/c1-2-25-16-3-4-17-18(8-16)27-20(22-17)26-12-19(24)23-21-9-13-5-14(10-21)7-15(6-13)11-21/h3-4,8,13-15H,2,5-7,9-12H2,1H3,(H,23,24). The van der Waals surface area contributed by atoms with Crippen LogP contribution in [0.15, 0.2) is 22.5 Å². The number of nitrogens with zero attached hydrogens (tertiary/aromatic N) is 1. The Bertz CT molecular complexity index is 828. The van der Waals surface area contributed by atoms with Crippen molar-refractivity contribution in [1.82, 2.24) is 10.3 Å². The molecule has 1 aromatic carbocycles. The maximum Gasteiger partial charge on any atom is 0.230 e. The van der Waals surface area contributed by atoms with E-state index in [9.17, 15) is 4.79 Å². The Labute approximate surface area is 168 Å². The Morgan fingerprint density at radius 3 is 2.63 bits per heavy atom. The first-order valence-corrected chi connectivity index (χ1v) is 11.9. The molecule has 4 saturated carbocycles. The average molecular weight is 403 g/mol. The van der Waals surface area contributed by atoms with Gasteiger partial charge in [0.2, 0.25) is 5.91 Å². The highest BCUT2D eigenvalue weighted by Gasteiger charge is 2.51. The molecule has 4 aliphatic carbocycles. The van der Waals surface area contributed by atoms with Crippen molar-refractivity contribution in [3.05, 3.63) is 18.2 Å². The Hall–Kier alpha value is -1.27. The van der Waals surface area contributed by atoms with E-state index in [1.807, 2.05) is 25.1 Å². The zero-order valence-corrected chi connectivity index (χ0v) is 17.3. The van der Waals surface area contributed by atoms with Gasteiger partial charge in [-0.15, -0.1) is 11.3 Å². The molecule has 6 heteroatoms. The molecule has 4 bridgehead atoms. The van der Waals surface area contributed by atoms with Crippen molar-refractivity contribution in [2.45, 2.75) is 55.3 Å². The minimum absolute atomic E-state index is 0.104. The lowest BCUT2D eigenvalue weighted by atomic mass is 9.53. The molecule has 0 saturated heterocycles. The van der Waals surface area contributed by atoms with Crippen molar-refractivity contribution in [3.63, 3.8) is 0 Å². The van der Waals surface area contributed by atoms with Gasteiger partial charge in [0.1, 0.15) is 5.75 Å². The summed E-state index contributed by atoms with van der Waals surface area (Å²) in [4.78, 5) is 17.3. The van der Waals surface area contributed by atoms with Gasteiger partial charge >= 0.3 is 0 Å². The fourth-order valence-electron chi connectivity index (χ4n) is 5.92. The Kier molecular flexibility index (Phi) is 4.59. The summed E-state index contributed by atoms with van der Waals surface area (Å²) < 4.78 is 7.64. The van der Waals surface area contributed by atoms with Gasteiger partial charge in [-0.1, -0.05) is 11.8 Å². The molecule has 1 heterocycles. The first kappa shape index (κ1) is 17.8. The van der Waals surface area contributed by atoms with Crippen molar-refractivity contribution in [3.8, 4) is 5.75 Å². The highest BCUT2D eigenvalue weighted by Crippen LogP contribution is 2.55. The third-order valence-corrected chi connectivity index (χ3v) is 8.58. The summed E-state index contributed by atoms with van der Waals surface area (Å²) >= 11 is 3.20. The van der Waals surface area contributed by atoms with Crippen LogP contribution in [-0.4, -0.2) is 28.8 Å². The molecule has 1 amide bonds. The summed E-state index contributed by atoms with van der Waals surface area (Å²) in [7, 11) is 0. The molecule has 0 atom stereocenters. The SMILES string of the molecule is CCOc1ccc2nc(SCC(=O)NC34CC5CC(CC(C5)C3)C4)sc2c1. The number of carbonyl (C=O) groups excluding carboxylic acids is 1. The second-order valence-electron chi connectivity index (χ2n) is 8.58. The number of ether oxygens (including phenoxy) is 1. The first-order chi connectivity index (χ1) is 13.1. The van der Waals surface area contributed by atoms with E-state index in [4.69, 9.17) is 4.74 Å². The van der Waals surface area contributed by atoms with Crippen molar-refractivity contribution in [1.29, 1.82) is 0 Å². The van der Waals surface area contributed by atoms with Gasteiger partial charge in [0.05, 0.1) is 22.6 Å². The Balaban J connectivity index is 1.21. The number of thiazole rings is 1. The van der Waals surface area contributed by atoms with Gasteiger partial charge < -0.3 is 10.1 Å². The highest BCUT2D eigenvalue weighted by molar-refractivity contribution is 8.01. The predicted octanol–water partition coefficient (Wildman–Crippen LogP) is 4.87. The minimum atomic E-state index is 0.104. The van der Waals surface area contributed by atoms with Gasteiger partial charge in [0.15, 0.2) is 4.34 Å². The van der Waals surface area contributed by atoms with E-state index in [2.05, 4.69) is 10.3 Å². The van der Waals surface area contributed by atoms with Crippen LogP contribution < -0.4 is 10.1 Å². The van der Waals surface area contributed by atoms with Crippen LogP contribution in [0.5, 0.6) is 5.75 Å². The zero-order valence-electron chi connectivity index (χ0n) is 15.7. The topological polar surface area (TPSA) is 51.2 Å². The van der Waals surface area contributed by atoms with E-state index in [0.717, 1.165) is 38.1 Å². The largest absolute Gasteiger partial charge is 0.494 e. The molecular formula is C21H26N2O2S2. The molecule has 4 fully saturated rings. The smallest absolute Gasteiger partial charge is 0.230 e. The number of hydrogen-bond donors (Lipinski definition) is 1. The number of amides is 1. The molecule has 0 unspecified atom stereocenters. The third kappa shape index (κ3) is 3.58. The fraction of sp³-hybridized carbons (Fsp3) is 0.619. The number of benzene rings is 1. The summed E-state index contributed by atoms with van der Waals surface area (Å²) in [5.41, 5.74) is 1.08. The summed E-state index contributed by atoms with van der Waals surface area (Å²) in [6.07, 6.45) is 7.82. The van der Waals surface area contributed by atoms with Crippen LogP contribution in [0.2, 0.25) is 0 Å². The second kappa shape index (κ2) is 6.96. The number of carbonyl (C=O) groups is 1. The molecule has 0 spiro atoms. The molecule has 4 nitrogen and oxygen atoms in total. The van der Waals surface area contributed by atoms with E-state index in [-0.39, 0.29) is 11.4 Å². The zero-order chi connectivity index (χ0) is 18.4. The number of hydrogen-bond acceptors (Lipinski definition) is 5. The van der Waals surface area contributed by atoms with Crippen LogP contribution in [0.3, 0.4) is 0 Å². The van der Waals surface area contributed by atoms with E-state index in [1.165, 1.54) is 38.5 Å². The summed E-state index contributed by atoms with van der Waals surface area (Å²) in [5.74, 6) is 4.08. The fourth-order valence-corrected chi connectivity index (χ4v) is 7.82. The van der Waals surface area contributed by atoms with Crippen LogP contribution in [-0.2, 0) is 4.79 Å². The van der Waals surface area contributed by atoms with Crippen molar-refractivity contribution in [2.75, 3.05) is 12.4 Å². The normalized spacial score (nSPS) is 31.4. The summed E-state index contributed by atoms with van der Waals surface area (Å²) in [5, 5.41) is 3.45. The lowest BCUT2D eigenvalue weighted by molar-refractivity contribution is -0.124. The van der Waals surface area contributed by atoms with Crippen LogP contribution in [0.4, 0.5) is 0 Å². The number of thioether (sulfide) groups is 1. The average Bonchev–Trinajstić information content (AvgIpc) is 3.01. The van der Waals surface area contributed by atoms with Gasteiger partial charge in [-0.3, -0.25) is 4.79 Å². The van der Waals surface area contributed by atoms with E-state index in [0.29, 0.717) is 12.4 Å². The molecule has 4 aliphatic rings. The van der Waals surface area contributed by atoms with Gasteiger partial charge in [0.25, 0.3) is 0 Å². The maximum atomic E-state index is 12.7. The van der Waals surface area contributed by atoms with Crippen LogP contribution >= 0.6 is 23.1 Å². The van der Waals surface area contributed by atoms with Gasteiger partial charge in [-0.2, -0.15) is 0 Å². The highest BCUT2D eigenvalue weighted by atomic mass is 32.2. The molecule has 0 radical (unpaired) electrons. The molecule has 6 rings (SSSR count). The molecule has 27 heavy (non-hydrogen) atoms. The first-order valence-electron chi connectivity index (χ1n) is 10.1. The molecule has 2 aromatic rings. The van der Waals surface area contributed by atoms with Gasteiger partial charge in [-0.05, 0) is 81.4 Å². The van der Waals surface area contributed by atoms with Gasteiger partial charge in [0, 0.05) is 5.54 Å². The van der Waals surface area contributed by atoms with Crippen LogP contribution in [0.1, 0.15) is 45.4 Å². The van der Waals surface area contributed by atoms with Crippen molar-refractivity contribution < 1.29 is 9.53 Å². The third-order valence-electron chi connectivity index (χ3n) is 6.42. The second-order valence-corrected chi connectivity index (χ2v) is 10.8. The van der Waals surface area contributed by atoms with Crippen LogP contribution in [0.25, 0.3) is 10.2 Å².